The van der Waals surface area contributed by atoms with Crippen molar-refractivity contribution in [3.05, 3.63) is 68.9 Å². The summed E-state index contributed by atoms with van der Waals surface area (Å²) in [4.78, 5) is 78.4. The standard InChI is InChI=1S/C30H35N11O10S2/c1-30(2,28(48)49)51-38-20(16-12-53-29(32)36-16)24(44)37-21-25(45)41-22(27(46)47)14(11-52-26(21)41)4-3-7-39-9-15(23(31)35-13-39)33-5-6-34-19-8-17(42)18(43)10-40(19)50/h3-4,8-10,12,21,26,33-34,43,50H,5-7,11,13H2,1-2H3,(H2,31,35)(H2,32,36)(H,37,44)(H,46,47)(H,48,49)/b4-3+,38-20-/t21-,26?/m1/s1. The van der Waals surface area contributed by atoms with Crippen LogP contribution in [0.4, 0.5) is 10.9 Å². The lowest BCUT2D eigenvalue weighted by Crippen LogP contribution is -2.71. The Labute approximate surface area is 307 Å². The van der Waals surface area contributed by atoms with Crippen molar-refractivity contribution in [3.63, 3.8) is 0 Å². The van der Waals surface area contributed by atoms with Crippen LogP contribution in [0.15, 0.2) is 67.9 Å². The van der Waals surface area contributed by atoms with Gasteiger partial charge in [0.1, 0.15) is 41.1 Å². The number of oxime groups is 1. The van der Waals surface area contributed by atoms with Gasteiger partial charge in [-0.05, 0) is 19.4 Å². The fourth-order valence-electron chi connectivity index (χ4n) is 4.93. The number of thioether (sulfide) groups is 1. The van der Waals surface area contributed by atoms with E-state index in [4.69, 9.17) is 16.3 Å². The van der Waals surface area contributed by atoms with Gasteiger partial charge < -0.3 is 57.7 Å². The number of carboxylic acids is 2. The molecule has 2 atom stereocenters. The minimum atomic E-state index is -1.80. The largest absolute Gasteiger partial charge is 0.503 e. The first-order chi connectivity index (χ1) is 25.1. The van der Waals surface area contributed by atoms with Gasteiger partial charge in [-0.25, -0.2) is 19.6 Å². The first-order valence-electron chi connectivity index (χ1n) is 15.6. The number of thiazole rings is 1. The van der Waals surface area contributed by atoms with Crippen LogP contribution in [0.2, 0.25) is 0 Å². The number of nitrogens with zero attached hydrogens (tertiary/aromatic N) is 6. The van der Waals surface area contributed by atoms with Gasteiger partial charge in [-0.3, -0.25) is 19.3 Å². The summed E-state index contributed by atoms with van der Waals surface area (Å²) < 4.78 is 0.586. The number of β-lactam (4-membered cyclic amide) rings is 1. The molecule has 53 heavy (non-hydrogen) atoms. The number of allylic oxidation sites excluding steroid dienone is 1. The van der Waals surface area contributed by atoms with Gasteiger partial charge >= 0.3 is 11.9 Å². The molecule has 0 spiro atoms. The number of rotatable bonds is 15. The smallest absolute Gasteiger partial charge is 0.352 e. The number of carbonyl (C=O) groups excluding carboxylic acids is 2. The molecule has 23 heteroatoms. The van der Waals surface area contributed by atoms with Crippen molar-refractivity contribution in [1.82, 2.24) is 30.1 Å². The molecule has 11 N–H and O–H groups in total. The Bertz CT molecular complexity index is 2040. The van der Waals surface area contributed by atoms with Gasteiger partial charge in [0.05, 0.1) is 11.9 Å². The summed E-state index contributed by atoms with van der Waals surface area (Å²) >= 11 is 2.24. The Morgan fingerprint density at radius 1 is 1.19 bits per heavy atom. The van der Waals surface area contributed by atoms with E-state index in [1.165, 1.54) is 31.0 Å². The zero-order chi connectivity index (χ0) is 38.6. The summed E-state index contributed by atoms with van der Waals surface area (Å²) in [5.41, 5.74) is 9.49. The number of anilines is 2. The Morgan fingerprint density at radius 3 is 2.60 bits per heavy atom. The number of aliphatic imine (C=N–C) groups is 1. The summed E-state index contributed by atoms with van der Waals surface area (Å²) in [5.74, 6) is -4.33. The summed E-state index contributed by atoms with van der Waals surface area (Å²) in [6, 6.07) is -0.0830. The van der Waals surface area contributed by atoms with Crippen LogP contribution in [0.25, 0.3) is 0 Å². The van der Waals surface area contributed by atoms with E-state index in [-0.39, 0.29) is 47.1 Å². The number of amidine groups is 1. The molecule has 0 saturated carbocycles. The van der Waals surface area contributed by atoms with Gasteiger partial charge in [0.2, 0.25) is 11.0 Å². The van der Waals surface area contributed by atoms with E-state index in [0.717, 1.165) is 28.5 Å². The molecule has 282 valence electrons. The molecule has 2 amide bonds. The quantitative estimate of drug-likeness (QED) is 0.0340. The first-order valence-corrected chi connectivity index (χ1v) is 17.5. The van der Waals surface area contributed by atoms with E-state index in [2.05, 4.69) is 31.1 Å². The highest BCUT2D eigenvalue weighted by molar-refractivity contribution is 8.00. The summed E-state index contributed by atoms with van der Waals surface area (Å²) in [6.45, 7) is 3.54. The maximum atomic E-state index is 13.3. The highest BCUT2D eigenvalue weighted by atomic mass is 32.2. The van der Waals surface area contributed by atoms with Crippen molar-refractivity contribution in [2.45, 2.75) is 30.9 Å². The zero-order valence-electron chi connectivity index (χ0n) is 28.0. The number of nitrogen functional groups attached to an aromatic ring is 1. The highest BCUT2D eigenvalue weighted by Gasteiger charge is 2.54. The lowest BCUT2D eigenvalue weighted by atomic mass is 10.0. The molecule has 0 aliphatic carbocycles. The summed E-state index contributed by atoms with van der Waals surface area (Å²) in [5, 5.41) is 51.7. The topological polar surface area (TPSA) is 313 Å². The number of nitrogens with one attached hydrogen (secondary N) is 3. The second-order valence-corrected chi connectivity index (χ2v) is 14.0. The van der Waals surface area contributed by atoms with Gasteiger partial charge in [-0.1, -0.05) is 17.3 Å². The Morgan fingerprint density at radius 2 is 1.92 bits per heavy atom. The summed E-state index contributed by atoms with van der Waals surface area (Å²) in [7, 11) is 0. The van der Waals surface area contributed by atoms with Crippen molar-refractivity contribution in [2.24, 2.45) is 15.9 Å². The van der Waals surface area contributed by atoms with E-state index in [0.29, 0.717) is 29.1 Å². The third-order valence-corrected chi connectivity index (χ3v) is 9.75. The van der Waals surface area contributed by atoms with E-state index in [1.807, 2.05) is 0 Å². The molecule has 0 bridgehead atoms. The molecule has 5 rings (SSSR count). The number of aliphatic carboxylic acids is 2. The SMILES string of the molecule is CC(C)(O/N=C(\C(=O)N[C@@H]1C(=O)N2C(C(=O)O)=C(/C=C/CN3C=C(NCCNc4cc(=O)c(O)cn4O)C(N)=NC3)CSC12)c1csc(N)n1)C(=O)O. The Kier molecular flexibility index (Phi) is 11.2. The van der Waals surface area contributed by atoms with Crippen LogP contribution < -0.4 is 32.8 Å². The number of aromatic hydroxyl groups is 1. The number of pyridine rings is 1. The average Bonchev–Trinajstić information content (AvgIpc) is 3.53. The zero-order valence-corrected chi connectivity index (χ0v) is 29.7. The lowest BCUT2D eigenvalue weighted by molar-refractivity contribution is -0.161. The molecule has 0 aromatic carbocycles. The minimum Gasteiger partial charge on any atom is -0.503 e. The minimum absolute atomic E-state index is 0.00713. The molecule has 3 aliphatic rings. The predicted octanol–water partition coefficient (Wildman–Crippen LogP) is -1.12. The van der Waals surface area contributed by atoms with E-state index >= 15 is 0 Å². The van der Waals surface area contributed by atoms with Crippen LogP contribution >= 0.6 is 23.1 Å². The van der Waals surface area contributed by atoms with E-state index in [9.17, 15) is 44.5 Å². The normalized spacial score (nSPS) is 18.9. The fraction of sp³-hybridized carbons (Fsp3) is 0.333. The Balaban J connectivity index is 1.21. The second-order valence-electron chi connectivity index (χ2n) is 12.0. The summed E-state index contributed by atoms with van der Waals surface area (Å²) in [6.07, 6.45) is 5.91. The number of nitrogens with two attached hydrogens (primary N) is 2. The monoisotopic (exact) mass is 773 g/mol. The van der Waals surface area contributed by atoms with Crippen LogP contribution in [-0.2, 0) is 24.0 Å². The Hall–Kier alpha value is -6.23. The third-order valence-electron chi connectivity index (χ3n) is 7.77. The number of fused-ring (bicyclic) bond motifs is 1. The van der Waals surface area contributed by atoms with E-state index < -0.39 is 57.7 Å². The lowest BCUT2D eigenvalue weighted by Gasteiger charge is -2.49. The molecule has 1 unspecified atom stereocenters. The van der Waals surface area contributed by atoms with Crippen LogP contribution in [0, 0.1) is 0 Å². The number of hydrogen-bond acceptors (Lipinski definition) is 18. The third kappa shape index (κ3) is 8.47. The second kappa shape index (κ2) is 15.6. The maximum absolute atomic E-state index is 13.3. The highest BCUT2D eigenvalue weighted by Crippen LogP contribution is 2.40. The molecular weight excluding hydrogens is 739 g/mol. The molecule has 3 aliphatic heterocycles. The van der Waals surface area contributed by atoms with Crippen molar-refractivity contribution < 1.29 is 44.5 Å². The van der Waals surface area contributed by atoms with Crippen molar-refractivity contribution >= 4 is 69.3 Å². The van der Waals surface area contributed by atoms with Crippen molar-refractivity contribution in [2.75, 3.05) is 43.1 Å². The van der Waals surface area contributed by atoms with Crippen molar-refractivity contribution in [1.29, 1.82) is 0 Å². The van der Waals surface area contributed by atoms with Crippen LogP contribution in [-0.4, -0.2) is 124 Å². The molecular formula is C30H35N11O10S2. The number of amides is 2. The van der Waals surface area contributed by atoms with Gasteiger partial charge in [0.15, 0.2) is 16.6 Å². The predicted molar refractivity (Wildman–Crippen MR) is 192 cm³/mol. The molecule has 2 aromatic rings. The van der Waals surface area contributed by atoms with Gasteiger partial charge in [0.25, 0.3) is 11.8 Å². The first kappa shape index (κ1) is 38.0. The fourth-order valence-corrected chi connectivity index (χ4v) is 6.80. The van der Waals surface area contributed by atoms with Gasteiger partial charge in [0, 0.05) is 43.0 Å². The molecule has 21 nitrogen and oxygen atoms in total. The van der Waals surface area contributed by atoms with Crippen LogP contribution in [0.3, 0.4) is 0 Å². The van der Waals surface area contributed by atoms with Crippen molar-refractivity contribution in [3.8, 4) is 5.75 Å². The average molecular weight is 774 g/mol. The maximum Gasteiger partial charge on any atom is 0.352 e. The number of carbonyl (C=O) groups is 4. The number of carboxylic acid groups (broad SMARTS) is 2. The molecule has 1 fully saturated rings. The molecule has 1 saturated heterocycles. The van der Waals surface area contributed by atoms with Crippen LogP contribution in [0.1, 0.15) is 19.5 Å². The van der Waals surface area contributed by atoms with E-state index in [1.54, 1.807) is 23.3 Å². The van der Waals surface area contributed by atoms with Gasteiger partial charge in [-0.2, -0.15) is 4.73 Å². The van der Waals surface area contributed by atoms with Crippen LogP contribution in [0.5, 0.6) is 5.75 Å². The molecule has 5 heterocycles. The molecule has 0 radical (unpaired) electrons. The number of hydrogen-bond donors (Lipinski definition) is 9. The molecule has 2 aromatic heterocycles. The number of aromatic nitrogens is 2. The van der Waals surface area contributed by atoms with Gasteiger partial charge in [-0.15, -0.1) is 23.1 Å².